The molecule has 3 N–H and O–H groups in total. The number of rotatable bonds is 25. The van der Waals surface area contributed by atoms with Crippen molar-refractivity contribution in [1.29, 1.82) is 0 Å². The summed E-state index contributed by atoms with van der Waals surface area (Å²) in [6.45, 7) is 13.9. The average Bonchev–Trinajstić information content (AvgIpc) is 3.40. The number of ether oxygens (including phenoxy) is 8. The molecule has 15 heteroatoms. The van der Waals surface area contributed by atoms with Gasteiger partial charge in [0.2, 0.25) is 10.9 Å². The van der Waals surface area contributed by atoms with Gasteiger partial charge in [-0.1, -0.05) is 25.5 Å². The van der Waals surface area contributed by atoms with Crippen molar-refractivity contribution in [2.24, 2.45) is 5.92 Å². The Labute approximate surface area is 372 Å². The molecule has 0 amide bonds. The van der Waals surface area contributed by atoms with Crippen LogP contribution in [0, 0.1) is 5.92 Å². The molecule has 0 saturated heterocycles. The maximum atomic E-state index is 14.8. The van der Waals surface area contributed by atoms with Crippen LogP contribution in [-0.2, 0) is 39.7 Å². The second-order valence-corrected chi connectivity index (χ2v) is 17.0. The van der Waals surface area contributed by atoms with E-state index in [9.17, 15) is 24.3 Å². The summed E-state index contributed by atoms with van der Waals surface area (Å²) >= 11 is 0. The van der Waals surface area contributed by atoms with Crippen LogP contribution in [0.3, 0.4) is 0 Å². The lowest BCUT2D eigenvalue weighted by atomic mass is 9.83. The highest BCUT2D eigenvalue weighted by molar-refractivity contribution is 6.39. The number of esters is 2. The number of carbonyl (C=O) groups is 2. The number of aromatic hydroxyl groups is 1. The predicted molar refractivity (Wildman–Crippen MR) is 250 cm³/mol. The molecule has 0 unspecified atom stereocenters. The van der Waals surface area contributed by atoms with Gasteiger partial charge in [0.15, 0.2) is 5.75 Å². The molecule has 6 rings (SSSR count). The van der Waals surface area contributed by atoms with Gasteiger partial charge in [0.05, 0.1) is 69.8 Å². The summed E-state index contributed by atoms with van der Waals surface area (Å²) in [5, 5.41) is 22.2. The van der Waals surface area contributed by atoms with Gasteiger partial charge in [-0.3, -0.25) is 19.2 Å². The highest BCUT2D eigenvalue weighted by Gasteiger charge is 2.33. The van der Waals surface area contributed by atoms with Gasteiger partial charge in [0.1, 0.15) is 30.5 Å². The average molecular weight is 887 g/mol. The lowest BCUT2D eigenvalue weighted by Crippen LogP contribution is -2.26. The fourth-order valence-electron chi connectivity index (χ4n) is 8.62. The minimum Gasteiger partial charge on any atom is -0.507 e. The zero-order chi connectivity index (χ0) is 46.3. The normalized spacial score (nSPS) is 12.7. The molecule has 1 aliphatic carbocycles. The van der Waals surface area contributed by atoms with Crippen molar-refractivity contribution in [1.82, 2.24) is 0 Å². The van der Waals surface area contributed by atoms with E-state index in [4.69, 9.17) is 37.9 Å². The lowest BCUT2D eigenvalue weighted by Gasteiger charge is -2.24. The van der Waals surface area contributed by atoms with Crippen molar-refractivity contribution >= 4 is 72.5 Å². The maximum absolute atomic E-state index is 14.8. The van der Waals surface area contributed by atoms with E-state index in [-0.39, 0.29) is 92.5 Å². The molecule has 0 radical (unpaired) electrons. The number of methoxy groups -OCH3 is 3. The number of phenols is 1. The molecule has 0 fully saturated rings. The highest BCUT2D eigenvalue weighted by atomic mass is 16.6. The summed E-state index contributed by atoms with van der Waals surface area (Å²) in [5.41, 5.74) is 1.62. The Morgan fingerprint density at radius 3 is 1.95 bits per heavy atom. The van der Waals surface area contributed by atoms with Crippen molar-refractivity contribution < 1.29 is 52.6 Å². The molecular weight excluding hydrogens is 825 g/mol. The SMILES string of the molecule is CCOC(C)(C)CCC(=O)OCCOCCNc1c2c3c4c(c(OC)c(=O)c5c(NCCOCCOC(=O)CCC(C)C)cc(OC)c(c6c(OC)cc(O)c(c1=O)c63)c54)CC(C)=C2. The first-order valence-corrected chi connectivity index (χ1v) is 22.0. The quantitative estimate of drug-likeness (QED) is 0.0225. The van der Waals surface area contributed by atoms with Gasteiger partial charge in [-0.2, -0.15) is 0 Å². The van der Waals surface area contributed by atoms with Crippen LogP contribution in [0.4, 0.5) is 11.4 Å². The number of benzene rings is 5. The van der Waals surface area contributed by atoms with Crippen LogP contribution in [0.2, 0.25) is 0 Å². The summed E-state index contributed by atoms with van der Waals surface area (Å²) in [4.78, 5) is 53.8. The molecule has 0 atom stereocenters. The lowest BCUT2D eigenvalue weighted by molar-refractivity contribution is -0.147. The smallest absolute Gasteiger partial charge is 0.305 e. The molecule has 346 valence electrons. The standard InChI is InChI=1S/C49H62N2O13/c1-10-64-49(5,6)14-13-36(54)63-22-20-61-18-16-51-45-29-23-28(4)24-30-38-37(29)44-40(46(45)55)32(52)26-34(58-8)42(44)41-33(57-7)25-31(39(43(38)41)47(56)48(30)59-9)50-15-17-60-19-21-62-35(53)12-11-27(2)3/h23,25-27,50-52H,10-22,24H2,1-9H3. The van der Waals surface area contributed by atoms with E-state index in [1.807, 2.05) is 33.8 Å². The molecule has 15 nitrogen and oxygen atoms in total. The van der Waals surface area contributed by atoms with E-state index < -0.39 is 11.0 Å². The van der Waals surface area contributed by atoms with Crippen LogP contribution in [0.25, 0.3) is 49.2 Å². The molecule has 0 saturated carbocycles. The molecule has 0 aromatic heterocycles. The van der Waals surface area contributed by atoms with Gasteiger partial charge in [0, 0.05) is 88.4 Å². The number of hydrogen-bond donors (Lipinski definition) is 3. The minimum atomic E-state index is -0.429. The van der Waals surface area contributed by atoms with E-state index in [1.54, 1.807) is 6.07 Å². The molecular formula is C49H62N2O13. The number of nitrogens with one attached hydrogen (secondary N) is 2. The Balaban J connectivity index is 1.36. The van der Waals surface area contributed by atoms with Crippen LogP contribution < -0.4 is 35.7 Å². The molecule has 5 aromatic rings. The fraction of sp³-hybridized carbons (Fsp3) is 0.510. The summed E-state index contributed by atoms with van der Waals surface area (Å²) in [6.07, 6.45) is 4.14. The third-order valence-corrected chi connectivity index (χ3v) is 11.5. The first kappa shape index (κ1) is 47.8. The molecule has 0 bridgehead atoms. The summed E-state index contributed by atoms with van der Waals surface area (Å²) in [7, 11) is 4.49. The third kappa shape index (κ3) is 10.0. The topological polar surface area (TPSA) is 186 Å². The number of phenolic OH excluding ortho intramolecular Hbond substituents is 1. The van der Waals surface area contributed by atoms with E-state index in [0.717, 1.165) is 12.0 Å². The summed E-state index contributed by atoms with van der Waals surface area (Å²) in [6, 6.07) is 3.16. The predicted octanol–water partition coefficient (Wildman–Crippen LogP) is 7.56. The van der Waals surface area contributed by atoms with Crippen molar-refractivity contribution in [3.05, 3.63) is 49.3 Å². The number of fused-ring (bicyclic) bond motifs is 1. The Bertz CT molecular complexity index is 2640. The van der Waals surface area contributed by atoms with Crippen LogP contribution in [0.15, 0.2) is 27.3 Å². The van der Waals surface area contributed by atoms with E-state index in [1.165, 1.54) is 27.4 Å². The number of allylic oxidation sites excluding steroid dienone is 1. The largest absolute Gasteiger partial charge is 0.507 e. The third-order valence-electron chi connectivity index (χ3n) is 11.5. The van der Waals surface area contributed by atoms with Crippen LogP contribution in [0.5, 0.6) is 23.0 Å². The fourth-order valence-corrected chi connectivity index (χ4v) is 8.62. The summed E-state index contributed by atoms with van der Waals surface area (Å²) in [5.74, 6) is 0.410. The first-order valence-electron chi connectivity index (χ1n) is 22.0. The van der Waals surface area contributed by atoms with Gasteiger partial charge in [-0.05, 0) is 58.3 Å². The zero-order valence-corrected chi connectivity index (χ0v) is 38.6. The van der Waals surface area contributed by atoms with Gasteiger partial charge >= 0.3 is 11.9 Å². The Kier molecular flexibility index (Phi) is 15.6. The van der Waals surface area contributed by atoms with Gasteiger partial charge < -0.3 is 53.6 Å². The monoisotopic (exact) mass is 886 g/mol. The van der Waals surface area contributed by atoms with Gasteiger partial charge in [-0.15, -0.1) is 0 Å². The van der Waals surface area contributed by atoms with Crippen molar-refractivity contribution in [3.8, 4) is 23.0 Å². The Morgan fingerprint density at radius 2 is 1.34 bits per heavy atom. The highest BCUT2D eigenvalue weighted by Crippen LogP contribution is 2.54. The number of carbonyl (C=O) groups excluding carboxylic acids is 2. The molecule has 0 spiro atoms. The maximum Gasteiger partial charge on any atom is 0.305 e. The minimum absolute atomic E-state index is 0.0748. The summed E-state index contributed by atoms with van der Waals surface area (Å²) < 4.78 is 45.9. The van der Waals surface area contributed by atoms with Gasteiger partial charge in [-0.25, -0.2) is 0 Å². The molecule has 5 aromatic carbocycles. The zero-order valence-electron chi connectivity index (χ0n) is 38.6. The first-order chi connectivity index (χ1) is 30.7. The molecule has 0 aliphatic heterocycles. The van der Waals surface area contributed by atoms with Crippen molar-refractivity contribution in [2.45, 2.75) is 79.2 Å². The molecule has 0 heterocycles. The number of anilines is 2. The Hall–Kier alpha value is -5.64. The molecule has 64 heavy (non-hydrogen) atoms. The van der Waals surface area contributed by atoms with E-state index in [0.29, 0.717) is 104 Å². The molecule has 1 aliphatic rings. The number of hydrogen-bond acceptors (Lipinski definition) is 15. The van der Waals surface area contributed by atoms with Crippen LogP contribution in [0.1, 0.15) is 78.4 Å². The Morgan fingerprint density at radius 1 is 0.734 bits per heavy atom. The van der Waals surface area contributed by atoms with Crippen LogP contribution >= 0.6 is 0 Å². The second kappa shape index (κ2) is 20.9. The van der Waals surface area contributed by atoms with Crippen molar-refractivity contribution in [3.63, 3.8) is 0 Å². The van der Waals surface area contributed by atoms with Crippen LogP contribution in [-0.4, -0.2) is 103 Å². The van der Waals surface area contributed by atoms with E-state index >= 15 is 0 Å². The van der Waals surface area contributed by atoms with E-state index in [2.05, 4.69) is 24.5 Å². The second-order valence-electron chi connectivity index (χ2n) is 17.0. The van der Waals surface area contributed by atoms with Gasteiger partial charge in [0.25, 0.3) is 0 Å². The van der Waals surface area contributed by atoms with Crippen molar-refractivity contribution in [2.75, 3.05) is 91.3 Å².